The lowest BCUT2D eigenvalue weighted by molar-refractivity contribution is -0.122. The molecule has 2 heterocycles. The lowest BCUT2D eigenvalue weighted by Crippen LogP contribution is -2.28. The van der Waals surface area contributed by atoms with Crippen LogP contribution in [0.25, 0.3) is 17.0 Å². The Morgan fingerprint density at radius 1 is 1.03 bits per heavy atom. The highest BCUT2D eigenvalue weighted by Gasteiger charge is 2.32. The molecule has 3 aromatic carbocycles. The lowest BCUT2D eigenvalue weighted by Gasteiger charge is -2.12. The first kappa shape index (κ1) is 24.2. The number of likely N-dealkylation sites (N-methyl/N-ethyl adjacent to an activating group) is 1. The first-order valence-electron chi connectivity index (χ1n) is 11.7. The maximum Gasteiger partial charge on any atom is 0.266 e. The smallest absolute Gasteiger partial charge is 0.266 e. The van der Waals surface area contributed by atoms with Crippen molar-refractivity contribution in [3.63, 3.8) is 0 Å². The highest BCUT2D eigenvalue weighted by atomic mass is 35.5. The number of halogens is 1. The summed E-state index contributed by atoms with van der Waals surface area (Å²) in [7, 11) is 1.64. The lowest BCUT2D eigenvalue weighted by atomic mass is 10.1. The molecule has 0 bridgehead atoms. The van der Waals surface area contributed by atoms with Crippen LogP contribution < -0.4 is 4.74 Å². The van der Waals surface area contributed by atoms with Gasteiger partial charge in [-0.15, -0.1) is 0 Å². The van der Waals surface area contributed by atoms with Gasteiger partial charge >= 0.3 is 0 Å². The van der Waals surface area contributed by atoms with Crippen LogP contribution in [0.15, 0.2) is 82.7 Å². The zero-order valence-corrected chi connectivity index (χ0v) is 21.9. The minimum atomic E-state index is -0.0244. The van der Waals surface area contributed by atoms with Crippen LogP contribution in [-0.2, 0) is 11.3 Å². The number of nitrogens with zero attached hydrogens (tertiary/aromatic N) is 3. The molecule has 1 aliphatic rings. The molecule has 5 nitrogen and oxygen atoms in total. The van der Waals surface area contributed by atoms with Crippen molar-refractivity contribution in [3.05, 3.63) is 99.5 Å². The number of thioether (sulfide) groups is 1. The number of carbonyl (C=O) groups excluding carboxylic acids is 1. The van der Waals surface area contributed by atoms with E-state index < -0.39 is 0 Å². The van der Waals surface area contributed by atoms with E-state index in [1.165, 1.54) is 17.3 Å². The second-order valence-corrected chi connectivity index (χ2v) is 9.93. The summed E-state index contributed by atoms with van der Waals surface area (Å²) in [5, 5.41) is 2.53. The van der Waals surface area contributed by atoms with Crippen molar-refractivity contribution in [2.24, 2.45) is 4.99 Å². The maximum atomic E-state index is 13.3. The van der Waals surface area contributed by atoms with Gasteiger partial charge in [-0.3, -0.25) is 9.69 Å². The summed E-state index contributed by atoms with van der Waals surface area (Å²) in [6.07, 6.45) is 2.02. The van der Waals surface area contributed by atoms with Crippen molar-refractivity contribution in [1.29, 1.82) is 0 Å². The van der Waals surface area contributed by atoms with Crippen molar-refractivity contribution in [3.8, 4) is 5.75 Å². The minimum Gasteiger partial charge on any atom is -0.497 e. The zero-order valence-electron chi connectivity index (χ0n) is 20.4. The van der Waals surface area contributed by atoms with Gasteiger partial charge in [0.05, 0.1) is 17.7 Å². The molecule has 7 heteroatoms. The van der Waals surface area contributed by atoms with E-state index in [1.807, 2.05) is 73.7 Å². The molecule has 4 aromatic rings. The molecule has 0 unspecified atom stereocenters. The molecule has 5 rings (SSSR count). The summed E-state index contributed by atoms with van der Waals surface area (Å²) in [5.41, 5.74) is 5.24. The van der Waals surface area contributed by atoms with Crippen LogP contribution in [0.5, 0.6) is 5.75 Å². The minimum absolute atomic E-state index is 0.0244. The number of amidine groups is 1. The van der Waals surface area contributed by atoms with Gasteiger partial charge in [0, 0.05) is 40.3 Å². The SMILES string of the molecule is CCN1C(=O)/C(=C\c2c(C)n(Cc3ccc(Cl)cc3)c3ccccc23)SC1=Nc1ccc(OC)cc1. The maximum absolute atomic E-state index is 13.3. The quantitative estimate of drug-likeness (QED) is 0.253. The molecule has 0 aliphatic carbocycles. The number of rotatable bonds is 6. The van der Waals surface area contributed by atoms with Crippen molar-refractivity contribution in [1.82, 2.24) is 9.47 Å². The number of benzene rings is 3. The van der Waals surface area contributed by atoms with Gasteiger partial charge in [0.2, 0.25) is 0 Å². The van der Waals surface area contributed by atoms with Crippen LogP contribution in [0, 0.1) is 6.92 Å². The normalized spacial score (nSPS) is 16.0. The molecular formula is C29H26ClN3O2S. The van der Waals surface area contributed by atoms with Crippen LogP contribution in [-0.4, -0.2) is 34.2 Å². The van der Waals surface area contributed by atoms with Crippen LogP contribution in [0.4, 0.5) is 5.69 Å². The predicted octanol–water partition coefficient (Wildman–Crippen LogP) is 7.28. The first-order valence-corrected chi connectivity index (χ1v) is 12.9. The number of carbonyl (C=O) groups is 1. The Morgan fingerprint density at radius 2 is 1.75 bits per heavy atom. The highest BCUT2D eigenvalue weighted by molar-refractivity contribution is 8.18. The Morgan fingerprint density at radius 3 is 2.44 bits per heavy atom. The number of methoxy groups -OCH3 is 1. The molecule has 0 N–H and O–H groups in total. The molecule has 0 saturated carbocycles. The van der Waals surface area contributed by atoms with E-state index in [2.05, 4.69) is 23.6 Å². The van der Waals surface area contributed by atoms with Crippen LogP contribution in [0.2, 0.25) is 5.02 Å². The average Bonchev–Trinajstić information content (AvgIpc) is 3.34. The third-order valence-corrected chi connectivity index (χ3v) is 7.57. The second kappa shape index (κ2) is 10.2. The molecule has 0 spiro atoms. The molecule has 36 heavy (non-hydrogen) atoms. The van der Waals surface area contributed by atoms with Crippen molar-refractivity contribution >= 4 is 57.1 Å². The summed E-state index contributed by atoms with van der Waals surface area (Å²) in [6, 6.07) is 23.8. The van der Waals surface area contributed by atoms with E-state index >= 15 is 0 Å². The molecule has 0 radical (unpaired) electrons. The second-order valence-electron chi connectivity index (χ2n) is 8.48. The number of hydrogen-bond acceptors (Lipinski definition) is 4. The van der Waals surface area contributed by atoms with Crippen molar-refractivity contribution in [2.75, 3.05) is 13.7 Å². The summed E-state index contributed by atoms with van der Waals surface area (Å²) in [4.78, 5) is 20.5. The van der Waals surface area contributed by atoms with Gasteiger partial charge in [-0.05, 0) is 79.7 Å². The van der Waals surface area contributed by atoms with Crippen LogP contribution >= 0.6 is 23.4 Å². The van der Waals surface area contributed by atoms with Gasteiger partial charge in [-0.1, -0.05) is 41.9 Å². The molecular weight excluding hydrogens is 490 g/mol. The fourth-order valence-electron chi connectivity index (χ4n) is 4.38. The molecule has 1 amide bonds. The largest absolute Gasteiger partial charge is 0.497 e. The van der Waals surface area contributed by atoms with E-state index in [0.717, 1.165) is 45.2 Å². The van der Waals surface area contributed by atoms with Crippen LogP contribution in [0.1, 0.15) is 23.7 Å². The Kier molecular flexibility index (Phi) is 6.90. The molecule has 0 atom stereocenters. The topological polar surface area (TPSA) is 46.8 Å². The summed E-state index contributed by atoms with van der Waals surface area (Å²) in [5.74, 6) is 0.746. The molecule has 1 aliphatic heterocycles. The molecule has 1 fully saturated rings. The monoisotopic (exact) mass is 515 g/mol. The van der Waals surface area contributed by atoms with Gasteiger partial charge in [0.25, 0.3) is 5.91 Å². The average molecular weight is 516 g/mol. The highest BCUT2D eigenvalue weighted by Crippen LogP contribution is 2.37. The van der Waals surface area contributed by atoms with E-state index in [9.17, 15) is 4.79 Å². The third kappa shape index (κ3) is 4.66. The number of ether oxygens (including phenoxy) is 1. The number of amides is 1. The molecule has 1 saturated heterocycles. The standard InChI is InChI=1S/C29H26ClN3O2S/c1-4-32-28(34)27(36-29(32)31-22-13-15-23(35-3)16-14-22)17-25-19(2)33(26-8-6-5-7-24(25)26)18-20-9-11-21(30)12-10-20/h5-17H,4,18H2,1-3H3/b27-17+,31-29?. The van der Waals surface area contributed by atoms with Gasteiger partial charge in [-0.2, -0.15) is 0 Å². The van der Waals surface area contributed by atoms with E-state index in [4.69, 9.17) is 21.3 Å². The van der Waals surface area contributed by atoms with Crippen molar-refractivity contribution in [2.45, 2.75) is 20.4 Å². The third-order valence-electron chi connectivity index (χ3n) is 6.31. The zero-order chi connectivity index (χ0) is 25.2. The molecule has 1 aromatic heterocycles. The number of aliphatic imine (C=N–C) groups is 1. The van der Waals surface area contributed by atoms with E-state index in [1.54, 1.807) is 12.0 Å². The summed E-state index contributed by atoms with van der Waals surface area (Å²) >= 11 is 7.50. The number of hydrogen-bond donors (Lipinski definition) is 0. The predicted molar refractivity (Wildman–Crippen MR) is 150 cm³/mol. The summed E-state index contributed by atoms with van der Waals surface area (Å²) in [6.45, 7) is 5.35. The van der Waals surface area contributed by atoms with Crippen molar-refractivity contribution < 1.29 is 9.53 Å². The molecule has 182 valence electrons. The fourth-order valence-corrected chi connectivity index (χ4v) is 5.55. The van der Waals surface area contributed by atoms with Gasteiger partial charge in [0.15, 0.2) is 5.17 Å². The van der Waals surface area contributed by atoms with Gasteiger partial charge < -0.3 is 9.30 Å². The Labute approximate surface area is 220 Å². The van der Waals surface area contributed by atoms with E-state index in [0.29, 0.717) is 16.6 Å². The summed E-state index contributed by atoms with van der Waals surface area (Å²) < 4.78 is 7.53. The Balaban J connectivity index is 1.53. The first-order chi connectivity index (χ1) is 17.5. The Hall–Kier alpha value is -3.48. The van der Waals surface area contributed by atoms with Gasteiger partial charge in [0.1, 0.15) is 5.75 Å². The van der Waals surface area contributed by atoms with Crippen LogP contribution in [0.3, 0.4) is 0 Å². The number of aromatic nitrogens is 1. The van der Waals surface area contributed by atoms with E-state index in [-0.39, 0.29) is 5.91 Å². The number of fused-ring (bicyclic) bond motifs is 1. The number of para-hydroxylation sites is 1. The fraction of sp³-hybridized carbons (Fsp3) is 0.172. The Bertz CT molecular complexity index is 1490. The van der Waals surface area contributed by atoms with Gasteiger partial charge in [-0.25, -0.2) is 4.99 Å².